The zero-order valence-corrected chi connectivity index (χ0v) is 20.8. The van der Waals surface area contributed by atoms with Crippen LogP contribution in [0.25, 0.3) is 10.8 Å². The fourth-order valence-electron chi connectivity index (χ4n) is 3.61. The summed E-state index contributed by atoms with van der Waals surface area (Å²) in [5.41, 5.74) is 1.09. The number of hydrogen-bond donors (Lipinski definition) is 1. The fraction of sp³-hybridized carbons (Fsp3) is 0.429. The van der Waals surface area contributed by atoms with Gasteiger partial charge in [-0.3, -0.25) is 4.18 Å². The van der Waals surface area contributed by atoms with Crippen molar-refractivity contribution in [1.29, 1.82) is 0 Å². The van der Waals surface area contributed by atoms with E-state index in [1.165, 1.54) is 38.5 Å². The van der Waals surface area contributed by atoms with Crippen molar-refractivity contribution in [3.63, 3.8) is 0 Å². The minimum Gasteiger partial charge on any atom is -0.508 e. The molecule has 3 aromatic carbocycles. The van der Waals surface area contributed by atoms with Gasteiger partial charge in [0.15, 0.2) is 0 Å². The van der Waals surface area contributed by atoms with Crippen molar-refractivity contribution in [3.8, 4) is 5.75 Å². The summed E-state index contributed by atoms with van der Waals surface area (Å²) in [6, 6.07) is 20.3. The Labute approximate surface area is 199 Å². The number of aryl methyl sites for hydroxylation is 1. The molecule has 0 aliphatic rings. The van der Waals surface area contributed by atoms with Gasteiger partial charge in [0, 0.05) is 5.39 Å². The molecule has 0 amide bonds. The van der Waals surface area contributed by atoms with Crippen molar-refractivity contribution < 1.29 is 17.7 Å². The highest BCUT2D eigenvalue weighted by Gasteiger charge is 2.17. The average Bonchev–Trinajstić information content (AvgIpc) is 2.82. The van der Waals surface area contributed by atoms with Crippen LogP contribution in [0.3, 0.4) is 0 Å². The molecule has 0 unspecified atom stereocenters. The second-order valence-electron chi connectivity index (χ2n) is 8.25. The van der Waals surface area contributed by atoms with Gasteiger partial charge in [-0.15, -0.1) is 0 Å². The third-order valence-corrected chi connectivity index (χ3v) is 6.92. The molecule has 0 atom stereocenters. The van der Waals surface area contributed by atoms with E-state index in [0.717, 1.165) is 30.2 Å². The van der Waals surface area contributed by atoms with Gasteiger partial charge >= 0.3 is 0 Å². The number of para-hydroxylation sites is 1. The highest BCUT2D eigenvalue weighted by molar-refractivity contribution is 7.87. The molecule has 0 saturated heterocycles. The Morgan fingerprint density at radius 2 is 1.36 bits per heavy atom. The number of hydrogen-bond acceptors (Lipinski definition) is 4. The lowest BCUT2D eigenvalue weighted by molar-refractivity contribution is 0.311. The largest absolute Gasteiger partial charge is 0.508 e. The second kappa shape index (κ2) is 14.7. The Hall–Kier alpha value is -2.37. The molecular formula is C28H38O4S. The fourth-order valence-corrected chi connectivity index (χ4v) is 4.77. The van der Waals surface area contributed by atoms with Gasteiger partial charge in [-0.1, -0.05) is 107 Å². The summed E-state index contributed by atoms with van der Waals surface area (Å²) in [4.78, 5) is 0.247. The summed E-state index contributed by atoms with van der Waals surface area (Å²) in [5, 5.41) is 11.2. The van der Waals surface area contributed by atoms with Crippen LogP contribution in [-0.4, -0.2) is 20.1 Å². The standard InChI is InChI=1S/C14H16O3S.C14H22O/c1-2-3-11-17-18(15,16)14-10-6-8-12-7-4-5-9-13(12)14;1-2-3-4-5-6-7-10-13-11-8-9-12-14(13)15/h4-10H,2-3,11H2,1H3;8-9,11-12,15H,2-7,10H2,1H3. The monoisotopic (exact) mass is 470 g/mol. The lowest BCUT2D eigenvalue weighted by Crippen LogP contribution is -2.08. The van der Waals surface area contributed by atoms with Gasteiger partial charge in [-0.25, -0.2) is 0 Å². The third-order valence-electron chi connectivity index (χ3n) is 5.55. The number of aromatic hydroxyl groups is 1. The molecule has 0 radical (unpaired) electrons. The quantitative estimate of drug-likeness (QED) is 0.218. The van der Waals surface area contributed by atoms with Gasteiger partial charge in [0.25, 0.3) is 10.1 Å². The molecule has 4 nitrogen and oxygen atoms in total. The van der Waals surface area contributed by atoms with E-state index < -0.39 is 10.1 Å². The number of phenolic OH excluding ortho intramolecular Hbond substituents is 1. The van der Waals surface area contributed by atoms with Crippen molar-refractivity contribution in [2.45, 2.75) is 76.5 Å². The predicted octanol–water partition coefficient (Wildman–Crippen LogP) is 7.64. The van der Waals surface area contributed by atoms with E-state index >= 15 is 0 Å². The van der Waals surface area contributed by atoms with Gasteiger partial charge in [-0.2, -0.15) is 8.42 Å². The van der Waals surface area contributed by atoms with E-state index in [1.54, 1.807) is 24.3 Å². The van der Waals surface area contributed by atoms with E-state index in [0.29, 0.717) is 11.1 Å². The van der Waals surface area contributed by atoms with E-state index in [4.69, 9.17) is 4.18 Å². The van der Waals surface area contributed by atoms with Crippen LogP contribution in [0, 0.1) is 0 Å². The van der Waals surface area contributed by atoms with Crippen molar-refractivity contribution in [1.82, 2.24) is 0 Å². The summed E-state index contributed by atoms with van der Waals surface area (Å²) in [7, 11) is -3.66. The molecule has 0 spiro atoms. The van der Waals surface area contributed by atoms with Crippen molar-refractivity contribution >= 4 is 20.9 Å². The lowest BCUT2D eigenvalue weighted by Gasteiger charge is -2.08. The maximum Gasteiger partial charge on any atom is 0.297 e. The molecule has 3 aromatic rings. The Kier molecular flexibility index (Phi) is 12.0. The minimum absolute atomic E-state index is 0.238. The molecule has 180 valence electrons. The van der Waals surface area contributed by atoms with Crippen molar-refractivity contribution in [2.24, 2.45) is 0 Å². The van der Waals surface area contributed by atoms with Crippen LogP contribution in [-0.2, 0) is 20.7 Å². The number of unbranched alkanes of at least 4 members (excludes halogenated alkanes) is 6. The summed E-state index contributed by atoms with van der Waals surface area (Å²) in [5.74, 6) is 0.450. The Morgan fingerprint density at radius 3 is 2.12 bits per heavy atom. The molecule has 5 heteroatoms. The van der Waals surface area contributed by atoms with Gasteiger partial charge in [-0.05, 0) is 42.3 Å². The van der Waals surface area contributed by atoms with Gasteiger partial charge in [0.05, 0.1) is 6.61 Å². The molecular weight excluding hydrogens is 432 g/mol. The lowest BCUT2D eigenvalue weighted by atomic mass is 10.0. The molecule has 3 rings (SSSR count). The maximum absolute atomic E-state index is 12.1. The average molecular weight is 471 g/mol. The SMILES string of the molecule is CCCCCCCCc1ccccc1O.CCCCOS(=O)(=O)c1cccc2ccccc12. The van der Waals surface area contributed by atoms with Gasteiger partial charge in [0.2, 0.25) is 0 Å². The first-order chi connectivity index (χ1) is 16.0. The number of phenols is 1. The normalized spacial score (nSPS) is 11.2. The number of rotatable bonds is 12. The maximum atomic E-state index is 12.1. The van der Waals surface area contributed by atoms with Crippen LogP contribution < -0.4 is 0 Å². The summed E-state index contributed by atoms with van der Waals surface area (Å²) in [6.07, 6.45) is 10.5. The zero-order chi connectivity index (χ0) is 23.9. The first-order valence-corrected chi connectivity index (χ1v) is 13.5. The smallest absolute Gasteiger partial charge is 0.297 e. The van der Waals surface area contributed by atoms with Crippen molar-refractivity contribution in [3.05, 3.63) is 72.3 Å². The van der Waals surface area contributed by atoms with Crippen molar-refractivity contribution in [2.75, 3.05) is 6.61 Å². The zero-order valence-electron chi connectivity index (χ0n) is 20.0. The molecule has 0 aliphatic carbocycles. The third kappa shape index (κ3) is 9.18. The van der Waals surface area contributed by atoms with Gasteiger partial charge < -0.3 is 5.11 Å². The molecule has 0 fully saturated rings. The highest BCUT2D eigenvalue weighted by atomic mass is 32.2. The summed E-state index contributed by atoms with van der Waals surface area (Å²) in [6.45, 7) is 4.47. The predicted molar refractivity (Wildman–Crippen MR) is 137 cm³/mol. The highest BCUT2D eigenvalue weighted by Crippen LogP contribution is 2.24. The number of benzene rings is 3. The van der Waals surface area contributed by atoms with Crippen LogP contribution in [0.4, 0.5) is 0 Å². The van der Waals surface area contributed by atoms with Gasteiger partial charge in [0.1, 0.15) is 10.6 Å². The number of fused-ring (bicyclic) bond motifs is 1. The van der Waals surface area contributed by atoms with Crippen LogP contribution >= 0.6 is 0 Å². The molecule has 0 bridgehead atoms. The molecule has 0 aliphatic heterocycles. The molecule has 0 heterocycles. The summed E-state index contributed by atoms with van der Waals surface area (Å²) < 4.78 is 29.2. The van der Waals surface area contributed by atoms with Crippen LogP contribution in [0.1, 0.15) is 70.8 Å². The molecule has 1 N–H and O–H groups in total. The summed E-state index contributed by atoms with van der Waals surface area (Å²) >= 11 is 0. The van der Waals surface area contributed by atoms with E-state index in [9.17, 15) is 13.5 Å². The van der Waals surface area contributed by atoms with E-state index in [-0.39, 0.29) is 11.5 Å². The first-order valence-electron chi connectivity index (χ1n) is 12.1. The Balaban J connectivity index is 0.000000238. The van der Waals surface area contributed by atoms with E-state index in [2.05, 4.69) is 6.92 Å². The molecule has 33 heavy (non-hydrogen) atoms. The first kappa shape index (κ1) is 26.9. The van der Waals surface area contributed by atoms with Crippen LogP contribution in [0.15, 0.2) is 71.6 Å². The Bertz CT molecular complexity index is 1050. The van der Waals surface area contributed by atoms with Crippen LogP contribution in [0.2, 0.25) is 0 Å². The Morgan fingerprint density at radius 1 is 0.727 bits per heavy atom. The van der Waals surface area contributed by atoms with Crippen LogP contribution in [0.5, 0.6) is 5.75 Å². The van der Waals surface area contributed by atoms with E-state index in [1.807, 2.05) is 49.4 Å². The molecule has 0 aromatic heterocycles. The minimum atomic E-state index is -3.66. The second-order valence-corrected chi connectivity index (χ2v) is 9.84. The molecule has 0 saturated carbocycles. The topological polar surface area (TPSA) is 63.6 Å².